The summed E-state index contributed by atoms with van der Waals surface area (Å²) in [5.41, 5.74) is 4.08. The zero-order valence-electron chi connectivity index (χ0n) is 20.3. The molecule has 2 aromatic rings. The molecule has 0 aliphatic heterocycles. The number of alkyl carbamates (subject to hydrolysis) is 1. The lowest BCUT2D eigenvalue weighted by Gasteiger charge is -2.28. The highest BCUT2D eigenvalue weighted by Crippen LogP contribution is 2.44. The summed E-state index contributed by atoms with van der Waals surface area (Å²) in [7, 11) is 0. The molecule has 7 nitrogen and oxygen atoms in total. The van der Waals surface area contributed by atoms with Gasteiger partial charge in [-0.1, -0.05) is 76.2 Å². The van der Waals surface area contributed by atoms with E-state index >= 15 is 0 Å². The minimum absolute atomic E-state index is 0.00534. The van der Waals surface area contributed by atoms with Crippen molar-refractivity contribution in [1.29, 1.82) is 0 Å². The van der Waals surface area contributed by atoms with Crippen LogP contribution in [-0.4, -0.2) is 42.3 Å². The van der Waals surface area contributed by atoms with Crippen LogP contribution in [0, 0.1) is 11.3 Å². The fourth-order valence-corrected chi connectivity index (χ4v) is 4.36. The first-order valence-electron chi connectivity index (χ1n) is 11.7. The second kappa shape index (κ2) is 10.7. The lowest BCUT2D eigenvalue weighted by Crippen LogP contribution is -2.49. The number of nitrogens with one attached hydrogen (secondary N) is 2. The average molecular weight is 467 g/mol. The highest BCUT2D eigenvalue weighted by atomic mass is 16.5. The van der Waals surface area contributed by atoms with Gasteiger partial charge in [-0.15, -0.1) is 0 Å². The molecule has 0 saturated carbocycles. The number of hydrogen-bond acceptors (Lipinski definition) is 4. The molecular weight excluding hydrogens is 432 g/mol. The van der Waals surface area contributed by atoms with Gasteiger partial charge in [0.25, 0.3) is 0 Å². The molecule has 2 atom stereocenters. The van der Waals surface area contributed by atoms with Gasteiger partial charge in [0.2, 0.25) is 5.91 Å². The van der Waals surface area contributed by atoms with Gasteiger partial charge in [-0.05, 0) is 40.0 Å². The van der Waals surface area contributed by atoms with Crippen molar-refractivity contribution in [3.05, 3.63) is 59.7 Å². The fourth-order valence-electron chi connectivity index (χ4n) is 4.36. The van der Waals surface area contributed by atoms with E-state index in [1.807, 2.05) is 31.2 Å². The Balaban J connectivity index is 1.43. The molecule has 3 rings (SSSR count). The normalized spacial score (nSPS) is 14.5. The van der Waals surface area contributed by atoms with Crippen LogP contribution < -0.4 is 10.6 Å². The third-order valence-electron chi connectivity index (χ3n) is 6.20. The number of fused-ring (bicyclic) bond motifs is 3. The van der Waals surface area contributed by atoms with Gasteiger partial charge in [0.05, 0.1) is 0 Å². The van der Waals surface area contributed by atoms with E-state index < -0.39 is 23.5 Å². The van der Waals surface area contributed by atoms with E-state index in [0.717, 1.165) is 11.1 Å². The molecule has 0 fully saturated rings. The van der Waals surface area contributed by atoms with Gasteiger partial charge in [-0.2, -0.15) is 0 Å². The summed E-state index contributed by atoms with van der Waals surface area (Å²) in [6.07, 6.45) is 0.272. The van der Waals surface area contributed by atoms with Crippen LogP contribution in [0.25, 0.3) is 11.1 Å². The molecule has 0 bridgehead atoms. The van der Waals surface area contributed by atoms with Crippen LogP contribution in [0.4, 0.5) is 4.79 Å². The van der Waals surface area contributed by atoms with Gasteiger partial charge in [0.1, 0.15) is 12.6 Å². The van der Waals surface area contributed by atoms with Gasteiger partial charge < -0.3 is 20.5 Å². The van der Waals surface area contributed by atoms with Gasteiger partial charge in [0.15, 0.2) is 0 Å². The first-order chi connectivity index (χ1) is 16.1. The molecule has 2 aromatic carbocycles. The van der Waals surface area contributed by atoms with Crippen molar-refractivity contribution < 1.29 is 24.2 Å². The first-order valence-corrected chi connectivity index (χ1v) is 11.7. The van der Waals surface area contributed by atoms with E-state index in [0.29, 0.717) is 13.0 Å². The maximum Gasteiger partial charge on any atom is 0.407 e. The highest BCUT2D eigenvalue weighted by Gasteiger charge is 2.33. The molecule has 0 aromatic heterocycles. The highest BCUT2D eigenvalue weighted by molar-refractivity contribution is 5.84. The summed E-state index contributed by atoms with van der Waals surface area (Å²) in [5, 5.41) is 14.7. The smallest absolute Gasteiger partial charge is 0.407 e. The van der Waals surface area contributed by atoms with Gasteiger partial charge in [-0.3, -0.25) is 4.79 Å². The Bertz CT molecular complexity index is 998. The monoisotopic (exact) mass is 466 g/mol. The first kappa shape index (κ1) is 25.3. The summed E-state index contributed by atoms with van der Waals surface area (Å²) in [5.74, 6) is -1.38. The van der Waals surface area contributed by atoms with Crippen molar-refractivity contribution in [3.63, 3.8) is 0 Å². The van der Waals surface area contributed by atoms with Crippen molar-refractivity contribution in [2.75, 3.05) is 13.2 Å². The molecule has 7 heteroatoms. The fraction of sp³-hybridized carbons (Fsp3) is 0.444. The van der Waals surface area contributed by atoms with E-state index in [4.69, 9.17) is 4.74 Å². The van der Waals surface area contributed by atoms with E-state index in [2.05, 4.69) is 34.9 Å². The number of hydrogen-bond donors (Lipinski definition) is 3. The third kappa shape index (κ3) is 6.16. The molecular formula is C27H34N2O5. The number of carboxylic acids is 1. The number of aliphatic carboxylic acids is 1. The summed E-state index contributed by atoms with van der Waals surface area (Å²) in [6.45, 7) is 7.83. The van der Waals surface area contributed by atoms with Gasteiger partial charge in [-0.25, -0.2) is 9.59 Å². The Morgan fingerprint density at radius 2 is 1.56 bits per heavy atom. The van der Waals surface area contributed by atoms with Gasteiger partial charge in [0, 0.05) is 18.9 Å². The number of ether oxygens (including phenoxy) is 1. The second-order valence-corrected chi connectivity index (χ2v) is 10.1. The predicted octanol–water partition coefficient (Wildman–Crippen LogP) is 4.56. The molecule has 1 aliphatic carbocycles. The zero-order chi connectivity index (χ0) is 24.9. The minimum atomic E-state index is -1.05. The number of carbonyl (C=O) groups is 3. The Morgan fingerprint density at radius 3 is 2.09 bits per heavy atom. The molecule has 2 amide bonds. The maximum absolute atomic E-state index is 12.3. The third-order valence-corrected chi connectivity index (χ3v) is 6.20. The number of carbonyl (C=O) groups excluding carboxylic acids is 2. The molecule has 0 radical (unpaired) electrons. The van der Waals surface area contributed by atoms with Crippen LogP contribution in [0.2, 0.25) is 0 Å². The Labute approximate surface area is 200 Å². The van der Waals surface area contributed by atoms with Crippen molar-refractivity contribution in [3.8, 4) is 11.1 Å². The standard InChI is InChI=1S/C27H34N2O5/c1-17(15-23(30)29-24(25(31)32)27(2,3)4)13-14-28-26(33)34-16-22-20-11-7-5-9-18(20)19-10-6-8-12-21(19)22/h5-12,17,22,24H,13-16H2,1-4H3,(H,28,33)(H,29,30)(H,31,32). The molecule has 2 unspecified atom stereocenters. The summed E-state index contributed by atoms with van der Waals surface area (Å²) < 4.78 is 5.52. The summed E-state index contributed by atoms with van der Waals surface area (Å²) in [6, 6.07) is 15.4. The summed E-state index contributed by atoms with van der Waals surface area (Å²) >= 11 is 0. The van der Waals surface area contributed by atoms with E-state index in [1.165, 1.54) is 11.1 Å². The molecule has 0 saturated heterocycles. The van der Waals surface area contributed by atoms with Crippen LogP contribution in [0.15, 0.2) is 48.5 Å². The lowest BCUT2D eigenvalue weighted by atomic mass is 9.86. The SMILES string of the molecule is CC(CCNC(=O)OCC1c2ccccc2-c2ccccc21)CC(=O)NC(C(=O)O)C(C)(C)C. The van der Waals surface area contributed by atoms with Crippen molar-refractivity contribution in [2.45, 2.75) is 52.5 Å². The number of amides is 2. The molecule has 0 spiro atoms. The quantitative estimate of drug-likeness (QED) is 0.503. The van der Waals surface area contributed by atoms with Crippen LogP contribution in [0.1, 0.15) is 57.6 Å². The van der Waals surface area contributed by atoms with Crippen molar-refractivity contribution >= 4 is 18.0 Å². The van der Waals surface area contributed by atoms with E-state index in [-0.39, 0.29) is 30.8 Å². The van der Waals surface area contributed by atoms with Crippen molar-refractivity contribution in [2.24, 2.45) is 11.3 Å². The largest absolute Gasteiger partial charge is 0.480 e. The molecule has 182 valence electrons. The Hall–Kier alpha value is -3.35. The summed E-state index contributed by atoms with van der Waals surface area (Å²) in [4.78, 5) is 36.0. The number of benzene rings is 2. The Morgan fingerprint density at radius 1 is 1.00 bits per heavy atom. The Kier molecular flexibility index (Phi) is 7.97. The topological polar surface area (TPSA) is 105 Å². The van der Waals surface area contributed by atoms with Crippen LogP contribution in [0.3, 0.4) is 0 Å². The van der Waals surface area contributed by atoms with Gasteiger partial charge >= 0.3 is 12.1 Å². The van der Waals surface area contributed by atoms with Crippen LogP contribution in [-0.2, 0) is 14.3 Å². The number of rotatable bonds is 9. The maximum atomic E-state index is 12.3. The lowest BCUT2D eigenvalue weighted by molar-refractivity contribution is -0.145. The molecule has 1 aliphatic rings. The molecule has 3 N–H and O–H groups in total. The van der Waals surface area contributed by atoms with E-state index in [1.54, 1.807) is 20.8 Å². The molecule has 0 heterocycles. The second-order valence-electron chi connectivity index (χ2n) is 10.1. The minimum Gasteiger partial charge on any atom is -0.480 e. The van der Waals surface area contributed by atoms with Crippen LogP contribution in [0.5, 0.6) is 0 Å². The predicted molar refractivity (Wildman–Crippen MR) is 130 cm³/mol. The number of carboxylic acid groups (broad SMARTS) is 1. The van der Waals surface area contributed by atoms with Crippen molar-refractivity contribution in [1.82, 2.24) is 10.6 Å². The average Bonchev–Trinajstić information content (AvgIpc) is 3.09. The molecule has 34 heavy (non-hydrogen) atoms. The van der Waals surface area contributed by atoms with E-state index in [9.17, 15) is 19.5 Å². The van der Waals surface area contributed by atoms with Crippen LogP contribution >= 0.6 is 0 Å². The zero-order valence-corrected chi connectivity index (χ0v) is 20.3.